The van der Waals surface area contributed by atoms with Crippen molar-refractivity contribution in [1.82, 2.24) is 15.6 Å². The third-order valence-corrected chi connectivity index (χ3v) is 4.62. The average molecular weight is 434 g/mol. The number of amides is 2. The minimum Gasteiger partial charge on any atom is -0.388 e. The van der Waals surface area contributed by atoms with Crippen LogP contribution in [0.15, 0.2) is 48.7 Å². The minimum atomic E-state index is -0.614. The van der Waals surface area contributed by atoms with Crippen LogP contribution in [0.4, 0.5) is 0 Å². The number of nitrogens with one attached hydrogen (secondary N) is 2. The molecule has 2 aromatic rings. The molecule has 0 aliphatic heterocycles. The highest BCUT2D eigenvalue weighted by molar-refractivity contribution is 7.13. The molecule has 0 saturated heterocycles. The molecule has 7 heteroatoms. The van der Waals surface area contributed by atoms with E-state index in [1.807, 2.05) is 39.0 Å². The maximum Gasteiger partial charge on any atom is 0.263 e. The zero-order chi connectivity index (χ0) is 22.9. The highest BCUT2D eigenvalue weighted by Gasteiger charge is 2.17. The number of methoxy groups -OCH3 is 1. The van der Waals surface area contributed by atoms with Crippen LogP contribution in [0.3, 0.4) is 0 Å². The predicted octanol–water partition coefficient (Wildman–Crippen LogP) is 4.16. The van der Waals surface area contributed by atoms with Gasteiger partial charge in [0.2, 0.25) is 5.91 Å². The zero-order valence-corrected chi connectivity index (χ0v) is 19.8. The van der Waals surface area contributed by atoms with E-state index in [4.69, 9.17) is 0 Å². The number of hydrogen-bond acceptors (Lipinski definition) is 5. The van der Waals surface area contributed by atoms with Gasteiger partial charge in [-0.05, 0) is 32.3 Å². The Morgan fingerprint density at radius 2 is 1.80 bits per heavy atom. The molecule has 2 amide bonds. The van der Waals surface area contributed by atoms with Crippen LogP contribution in [0, 0.1) is 6.92 Å². The summed E-state index contributed by atoms with van der Waals surface area (Å²) in [7, 11) is 3.25. The molecule has 1 heterocycles. The largest absolute Gasteiger partial charge is 0.388 e. The molecule has 1 aromatic carbocycles. The second-order valence-corrected chi connectivity index (χ2v) is 7.54. The number of aromatic nitrogens is 1. The molecule has 6 nitrogen and oxygen atoms in total. The highest BCUT2D eigenvalue weighted by atomic mass is 32.1. The van der Waals surface area contributed by atoms with Gasteiger partial charge in [-0.15, -0.1) is 11.3 Å². The van der Waals surface area contributed by atoms with E-state index in [-0.39, 0.29) is 11.8 Å². The molecule has 0 aliphatic carbocycles. The maximum absolute atomic E-state index is 12.1. The molecule has 0 saturated carbocycles. The molecular weight excluding hydrogens is 398 g/mol. The number of ether oxygens (including phenoxy) is 1. The first-order valence-electron chi connectivity index (χ1n) is 9.99. The number of thiazole rings is 1. The van der Waals surface area contributed by atoms with E-state index >= 15 is 0 Å². The fraction of sp³-hybridized carbons (Fsp3) is 0.435. The maximum atomic E-state index is 12.1. The van der Waals surface area contributed by atoms with Crippen LogP contribution in [-0.4, -0.2) is 43.6 Å². The van der Waals surface area contributed by atoms with E-state index < -0.39 is 6.04 Å². The molecule has 0 bridgehead atoms. The van der Waals surface area contributed by atoms with Gasteiger partial charge in [0.1, 0.15) is 10.9 Å². The second kappa shape index (κ2) is 16.3. The van der Waals surface area contributed by atoms with Gasteiger partial charge in [0.15, 0.2) is 0 Å². The number of hydrogen-bond donors (Lipinski definition) is 2. The summed E-state index contributed by atoms with van der Waals surface area (Å²) in [5.41, 5.74) is 2.20. The van der Waals surface area contributed by atoms with Crippen molar-refractivity contribution in [3.05, 3.63) is 64.1 Å². The smallest absolute Gasteiger partial charge is 0.263 e. The van der Waals surface area contributed by atoms with Crippen molar-refractivity contribution in [1.29, 1.82) is 0 Å². The Morgan fingerprint density at radius 3 is 2.33 bits per heavy atom. The van der Waals surface area contributed by atoms with Crippen molar-refractivity contribution in [2.75, 3.05) is 20.8 Å². The molecule has 0 spiro atoms. The van der Waals surface area contributed by atoms with Gasteiger partial charge in [0, 0.05) is 20.8 Å². The van der Waals surface area contributed by atoms with E-state index in [9.17, 15) is 9.59 Å². The molecule has 0 radical (unpaired) electrons. The number of aryl methyl sites for hydroxylation is 2. The third-order valence-electron chi connectivity index (χ3n) is 3.71. The topological polar surface area (TPSA) is 80.3 Å². The average Bonchev–Trinajstić information content (AvgIpc) is 3.19. The van der Waals surface area contributed by atoms with Crippen LogP contribution < -0.4 is 10.6 Å². The van der Waals surface area contributed by atoms with E-state index in [0.29, 0.717) is 11.4 Å². The standard InChI is InChI=1S/C19H23N3O2S.C2H6O.C2H6/c1-13(9-10-16-7-5-4-6-8-16)11-21-18(23)14(2)22-19(24)17-12-20-15(3)25-17;1-3-2;1-2/h4-8,12,14H,1,9-11H2,2-3H3,(H,21,23)(H,22,24);1-2H3;1-2H3. The van der Waals surface area contributed by atoms with Gasteiger partial charge in [0.25, 0.3) is 5.91 Å². The van der Waals surface area contributed by atoms with E-state index in [0.717, 1.165) is 23.4 Å². The molecule has 166 valence electrons. The Labute approximate surface area is 184 Å². The van der Waals surface area contributed by atoms with Gasteiger partial charge in [-0.3, -0.25) is 9.59 Å². The summed E-state index contributed by atoms with van der Waals surface area (Å²) >= 11 is 1.30. The zero-order valence-electron chi connectivity index (χ0n) is 19.0. The van der Waals surface area contributed by atoms with Crippen LogP contribution in [0.1, 0.15) is 47.4 Å². The van der Waals surface area contributed by atoms with Crippen LogP contribution in [-0.2, 0) is 16.0 Å². The van der Waals surface area contributed by atoms with Crippen molar-refractivity contribution in [2.24, 2.45) is 0 Å². The molecule has 0 fully saturated rings. The van der Waals surface area contributed by atoms with Crippen molar-refractivity contribution < 1.29 is 14.3 Å². The second-order valence-electron chi connectivity index (χ2n) is 6.30. The Hall–Kier alpha value is -2.51. The number of nitrogens with zero attached hydrogens (tertiary/aromatic N) is 1. The SMILES string of the molecule is C=C(CCc1ccccc1)CNC(=O)C(C)NC(=O)c1cnc(C)s1.CC.COC. The van der Waals surface area contributed by atoms with Crippen molar-refractivity contribution >= 4 is 23.2 Å². The van der Waals surface area contributed by atoms with Crippen LogP contribution >= 0.6 is 11.3 Å². The summed E-state index contributed by atoms with van der Waals surface area (Å²) in [6, 6.07) is 9.54. The number of rotatable bonds is 8. The van der Waals surface area contributed by atoms with E-state index in [1.165, 1.54) is 23.1 Å². The normalized spacial score (nSPS) is 10.5. The fourth-order valence-electron chi connectivity index (χ4n) is 2.22. The summed E-state index contributed by atoms with van der Waals surface area (Å²) in [5.74, 6) is -0.508. The molecular formula is C23H35N3O3S. The first-order valence-corrected chi connectivity index (χ1v) is 10.8. The molecule has 1 aromatic heterocycles. The van der Waals surface area contributed by atoms with Gasteiger partial charge in [-0.2, -0.15) is 0 Å². The van der Waals surface area contributed by atoms with Crippen LogP contribution in [0.25, 0.3) is 0 Å². The monoisotopic (exact) mass is 433 g/mol. The first kappa shape index (κ1) is 27.5. The molecule has 2 rings (SSSR count). The summed E-state index contributed by atoms with van der Waals surface area (Å²) in [6.07, 6.45) is 3.23. The molecule has 1 atom stereocenters. The van der Waals surface area contributed by atoms with Gasteiger partial charge >= 0.3 is 0 Å². The van der Waals surface area contributed by atoms with Crippen molar-refractivity contribution in [2.45, 2.75) is 46.6 Å². The van der Waals surface area contributed by atoms with Gasteiger partial charge in [-0.1, -0.05) is 56.3 Å². The predicted molar refractivity (Wildman–Crippen MR) is 125 cm³/mol. The van der Waals surface area contributed by atoms with E-state index in [1.54, 1.807) is 21.1 Å². The highest BCUT2D eigenvalue weighted by Crippen LogP contribution is 2.11. The summed E-state index contributed by atoms with van der Waals surface area (Å²) in [5, 5.41) is 6.31. The third kappa shape index (κ3) is 11.5. The van der Waals surface area contributed by atoms with E-state index in [2.05, 4.69) is 39.1 Å². The quantitative estimate of drug-likeness (QED) is 0.613. The molecule has 30 heavy (non-hydrogen) atoms. The first-order chi connectivity index (χ1) is 14.4. The Bertz CT molecular complexity index is 760. The van der Waals surface area contributed by atoms with Crippen LogP contribution in [0.5, 0.6) is 0 Å². The summed E-state index contributed by atoms with van der Waals surface area (Å²) in [6.45, 7) is 11.9. The number of benzene rings is 1. The lowest BCUT2D eigenvalue weighted by molar-refractivity contribution is -0.122. The number of carbonyl (C=O) groups excluding carboxylic acids is 2. The summed E-state index contributed by atoms with van der Waals surface area (Å²) in [4.78, 5) is 28.7. The van der Waals surface area contributed by atoms with Gasteiger partial charge in [-0.25, -0.2) is 4.98 Å². The van der Waals surface area contributed by atoms with Crippen molar-refractivity contribution in [3.63, 3.8) is 0 Å². The lowest BCUT2D eigenvalue weighted by Crippen LogP contribution is -2.45. The minimum absolute atomic E-state index is 0.226. The summed E-state index contributed by atoms with van der Waals surface area (Å²) < 4.78 is 4.25. The van der Waals surface area contributed by atoms with Crippen LogP contribution in [0.2, 0.25) is 0 Å². The van der Waals surface area contributed by atoms with Gasteiger partial charge in [0.05, 0.1) is 11.2 Å². The number of carbonyl (C=O) groups is 2. The Morgan fingerprint density at radius 1 is 1.20 bits per heavy atom. The van der Waals surface area contributed by atoms with Crippen molar-refractivity contribution in [3.8, 4) is 0 Å². The molecule has 0 aliphatic rings. The molecule has 2 N–H and O–H groups in total. The van der Waals surface area contributed by atoms with Gasteiger partial charge < -0.3 is 15.4 Å². The Kier molecular flexibility index (Phi) is 14.9. The fourth-order valence-corrected chi connectivity index (χ4v) is 2.90. The molecule has 1 unspecified atom stereocenters. The lowest BCUT2D eigenvalue weighted by atomic mass is 10.1. The Balaban J connectivity index is 0.00000154. The lowest BCUT2D eigenvalue weighted by Gasteiger charge is -2.14.